The third-order valence-corrected chi connectivity index (χ3v) is 11.2. The smallest absolute Gasteiger partial charge is 0.306 e. The second-order valence-corrected chi connectivity index (χ2v) is 16.9. The maximum atomic E-state index is 13.0. The molecule has 0 aliphatic carbocycles. The fourth-order valence-corrected chi connectivity index (χ4v) is 7.13. The molecule has 2 rings (SSSR count). The van der Waals surface area contributed by atoms with Crippen molar-refractivity contribution in [1.82, 2.24) is 0 Å². The molecule has 2 aliphatic rings. The third kappa shape index (κ3) is 25.9. The van der Waals surface area contributed by atoms with Gasteiger partial charge in [-0.1, -0.05) is 125 Å². The first-order chi connectivity index (χ1) is 32.0. The van der Waals surface area contributed by atoms with E-state index in [4.69, 9.17) is 28.4 Å². The van der Waals surface area contributed by atoms with E-state index in [1.165, 1.54) is 25.7 Å². The Hall–Kier alpha value is -3.06. The van der Waals surface area contributed by atoms with E-state index < -0.39 is 99.3 Å². The highest BCUT2D eigenvalue weighted by Crippen LogP contribution is 2.26. The van der Waals surface area contributed by atoms with Gasteiger partial charge in [-0.3, -0.25) is 9.59 Å². The van der Waals surface area contributed by atoms with Crippen LogP contribution in [0, 0.1) is 0 Å². The van der Waals surface area contributed by atoms with Crippen LogP contribution >= 0.6 is 0 Å². The topological polar surface area (TPSA) is 231 Å². The quantitative estimate of drug-likeness (QED) is 0.0209. The Morgan fingerprint density at radius 3 is 1.56 bits per heavy atom. The Labute approximate surface area is 393 Å². The first-order valence-electron chi connectivity index (χ1n) is 24.5. The van der Waals surface area contributed by atoms with Gasteiger partial charge in [-0.05, 0) is 77.0 Å². The molecule has 7 N–H and O–H groups in total. The van der Waals surface area contributed by atoms with Crippen molar-refractivity contribution in [2.45, 2.75) is 210 Å². The van der Waals surface area contributed by atoms with E-state index in [1.807, 2.05) is 12.2 Å². The van der Waals surface area contributed by atoms with Crippen molar-refractivity contribution >= 4 is 11.9 Å². The average molecular weight is 937 g/mol. The van der Waals surface area contributed by atoms with Crippen molar-refractivity contribution in [3.8, 4) is 0 Å². The molecule has 2 heterocycles. The Balaban J connectivity index is 1.86. The maximum Gasteiger partial charge on any atom is 0.306 e. The van der Waals surface area contributed by atoms with E-state index in [-0.39, 0.29) is 19.4 Å². The molecule has 0 radical (unpaired) electrons. The maximum absolute atomic E-state index is 13.0. The van der Waals surface area contributed by atoms with E-state index in [0.717, 1.165) is 70.6 Å². The molecule has 4 unspecified atom stereocenters. The summed E-state index contributed by atoms with van der Waals surface area (Å²) in [6, 6.07) is 0. The van der Waals surface area contributed by atoms with E-state index in [9.17, 15) is 45.3 Å². The van der Waals surface area contributed by atoms with Crippen molar-refractivity contribution in [1.29, 1.82) is 0 Å². The SMILES string of the molecule is CC/C=C\C/C=C\C/C=C\C/C=C\C/C=C\CCCC(=O)OC[C@H](CO[C@@H]1OC(CO[C@H]2OC(CO)[C@H](O)[C@H](O)C2O)[C@H](O)[C@H](O)C1O)OC(=O)CCCCCCC/C=C\CCCCCC. The van der Waals surface area contributed by atoms with E-state index in [1.54, 1.807) is 0 Å². The second-order valence-electron chi connectivity index (χ2n) is 16.9. The van der Waals surface area contributed by atoms with Gasteiger partial charge in [0.25, 0.3) is 0 Å². The van der Waals surface area contributed by atoms with Crippen molar-refractivity contribution < 1.29 is 73.8 Å². The minimum Gasteiger partial charge on any atom is -0.462 e. The Morgan fingerprint density at radius 2 is 0.970 bits per heavy atom. The van der Waals surface area contributed by atoms with Crippen LogP contribution in [-0.4, -0.2) is 142 Å². The number of carbonyl (C=O) groups is 2. The first kappa shape index (κ1) is 59.1. The number of aliphatic hydroxyl groups is 7. The molecule has 2 saturated heterocycles. The van der Waals surface area contributed by atoms with Crippen LogP contribution in [0.3, 0.4) is 0 Å². The first-order valence-corrected chi connectivity index (χ1v) is 24.5. The summed E-state index contributed by atoms with van der Waals surface area (Å²) in [6.45, 7) is 2.36. The molecule has 11 atom stereocenters. The lowest BCUT2D eigenvalue weighted by atomic mass is 9.98. The molecule has 15 heteroatoms. The highest BCUT2D eigenvalue weighted by atomic mass is 16.7. The monoisotopic (exact) mass is 937 g/mol. The zero-order valence-electron chi connectivity index (χ0n) is 39.6. The number of hydrogen-bond donors (Lipinski definition) is 7. The van der Waals surface area contributed by atoms with E-state index in [0.29, 0.717) is 19.3 Å². The van der Waals surface area contributed by atoms with Gasteiger partial charge in [0.05, 0.1) is 19.8 Å². The molecular formula is C51H84O15. The molecule has 0 aromatic carbocycles. The van der Waals surface area contributed by atoms with Gasteiger partial charge < -0.3 is 64.2 Å². The number of carbonyl (C=O) groups excluding carboxylic acids is 2. The molecule has 2 aliphatic heterocycles. The molecule has 0 amide bonds. The largest absolute Gasteiger partial charge is 0.462 e. The summed E-state index contributed by atoms with van der Waals surface area (Å²) >= 11 is 0. The molecule has 0 aromatic rings. The normalized spacial score (nSPS) is 26.8. The summed E-state index contributed by atoms with van der Waals surface area (Å²) < 4.78 is 33.4. The molecule has 0 saturated carbocycles. The van der Waals surface area contributed by atoms with Gasteiger partial charge >= 0.3 is 11.9 Å². The number of allylic oxidation sites excluding steroid dienone is 12. The Bertz CT molecular complexity index is 1430. The minimum absolute atomic E-state index is 0.134. The number of aliphatic hydroxyl groups excluding tert-OH is 7. The summed E-state index contributed by atoms with van der Waals surface area (Å²) in [5.74, 6) is -1.01. The highest BCUT2D eigenvalue weighted by Gasteiger charge is 2.47. The lowest BCUT2D eigenvalue weighted by Gasteiger charge is -2.42. The van der Waals surface area contributed by atoms with Crippen molar-refractivity contribution in [2.75, 3.05) is 26.4 Å². The number of rotatable bonds is 36. The minimum atomic E-state index is -1.78. The van der Waals surface area contributed by atoms with Crippen LogP contribution in [0.5, 0.6) is 0 Å². The van der Waals surface area contributed by atoms with Crippen molar-refractivity contribution in [3.63, 3.8) is 0 Å². The Kier molecular flexibility index (Phi) is 33.9. The molecule has 0 aromatic heterocycles. The van der Waals surface area contributed by atoms with Crippen LogP contribution in [-0.2, 0) is 38.0 Å². The predicted octanol–water partition coefficient (Wildman–Crippen LogP) is 6.26. The lowest BCUT2D eigenvalue weighted by Crippen LogP contribution is -2.61. The molecule has 378 valence electrons. The van der Waals surface area contributed by atoms with Gasteiger partial charge in [-0.2, -0.15) is 0 Å². The van der Waals surface area contributed by atoms with E-state index >= 15 is 0 Å². The van der Waals surface area contributed by atoms with Gasteiger partial charge in [0, 0.05) is 12.8 Å². The van der Waals surface area contributed by atoms with Crippen molar-refractivity contribution in [2.24, 2.45) is 0 Å². The standard InChI is InChI=1S/C51H84O15/c1-3-5-7-9-11-13-15-17-18-19-20-22-23-25-27-29-31-33-42(53)61-36-39(64-43(54)34-32-30-28-26-24-21-16-14-12-10-8-6-4-2)37-62-50-49(60)47(58)45(56)41(66-50)38-63-51-48(59)46(57)44(55)40(35-52)65-51/h5,7,11,13-14,16-18,20,22,25,27,39-41,44-52,55-60H,3-4,6,8-10,12,15,19,21,23-24,26,28-38H2,1-2H3/b7-5-,13-11-,16-14-,18-17-,22-20-,27-25-/t39-,40?,41?,44+,45+,46+,47+,48?,49?,50-,51+/m1/s1. The summed E-state index contributed by atoms with van der Waals surface area (Å²) in [5.41, 5.74) is 0. The number of hydrogen-bond acceptors (Lipinski definition) is 15. The van der Waals surface area contributed by atoms with Gasteiger partial charge in [-0.15, -0.1) is 0 Å². The van der Waals surface area contributed by atoms with Gasteiger partial charge in [-0.25, -0.2) is 0 Å². The van der Waals surface area contributed by atoms with Crippen LogP contribution in [0.2, 0.25) is 0 Å². The highest BCUT2D eigenvalue weighted by molar-refractivity contribution is 5.70. The second kappa shape index (κ2) is 37.9. The fraction of sp³-hybridized carbons (Fsp3) is 0.725. The summed E-state index contributed by atoms with van der Waals surface area (Å²) in [7, 11) is 0. The number of ether oxygens (including phenoxy) is 6. The van der Waals surface area contributed by atoms with Crippen molar-refractivity contribution in [3.05, 3.63) is 72.9 Å². The van der Waals surface area contributed by atoms with E-state index in [2.05, 4.69) is 74.6 Å². The zero-order valence-corrected chi connectivity index (χ0v) is 39.6. The predicted molar refractivity (Wildman–Crippen MR) is 252 cm³/mol. The number of unbranched alkanes of at least 4 members (excludes halogenated alkanes) is 10. The molecular weight excluding hydrogens is 853 g/mol. The Morgan fingerprint density at radius 1 is 0.500 bits per heavy atom. The van der Waals surface area contributed by atoms with Crippen LogP contribution in [0.1, 0.15) is 142 Å². The number of esters is 2. The van der Waals surface area contributed by atoms with Crippen LogP contribution < -0.4 is 0 Å². The van der Waals surface area contributed by atoms with Gasteiger partial charge in [0.1, 0.15) is 55.4 Å². The summed E-state index contributed by atoms with van der Waals surface area (Å²) in [4.78, 5) is 25.7. The molecule has 0 bridgehead atoms. The third-order valence-electron chi connectivity index (χ3n) is 11.2. The molecule has 0 spiro atoms. The summed E-state index contributed by atoms with van der Waals surface area (Å²) in [5, 5.41) is 72.0. The van der Waals surface area contributed by atoms with Crippen LogP contribution in [0.4, 0.5) is 0 Å². The van der Waals surface area contributed by atoms with Gasteiger partial charge in [0.15, 0.2) is 18.7 Å². The summed E-state index contributed by atoms with van der Waals surface area (Å²) in [6.07, 6.45) is 26.6. The van der Waals surface area contributed by atoms with Gasteiger partial charge in [0.2, 0.25) is 0 Å². The average Bonchev–Trinajstić information content (AvgIpc) is 3.31. The molecule has 66 heavy (non-hydrogen) atoms. The molecule has 15 nitrogen and oxygen atoms in total. The zero-order chi connectivity index (χ0) is 48.2. The molecule has 2 fully saturated rings. The fourth-order valence-electron chi connectivity index (χ4n) is 7.13. The van der Waals surface area contributed by atoms with Crippen LogP contribution in [0.15, 0.2) is 72.9 Å². The van der Waals surface area contributed by atoms with Crippen LogP contribution in [0.25, 0.3) is 0 Å². The lowest BCUT2D eigenvalue weighted by molar-refractivity contribution is -0.332.